The number of urea groups is 1. The zero-order valence-electron chi connectivity index (χ0n) is 10.8. The van der Waals surface area contributed by atoms with Gasteiger partial charge in [0.2, 0.25) is 0 Å². The Morgan fingerprint density at radius 3 is 3.05 bits per heavy atom. The number of morpholine rings is 1. The van der Waals surface area contributed by atoms with Gasteiger partial charge in [-0.25, -0.2) is 14.6 Å². The molecule has 1 aliphatic carbocycles. The molecule has 2 aliphatic rings. The van der Waals surface area contributed by atoms with E-state index in [2.05, 4.69) is 10.3 Å². The molecule has 0 saturated carbocycles. The van der Waals surface area contributed by atoms with E-state index in [0.29, 0.717) is 11.7 Å². The Hall–Kier alpha value is -1.67. The molecule has 1 saturated heterocycles. The number of anilines is 1. The van der Waals surface area contributed by atoms with Gasteiger partial charge in [0.25, 0.3) is 0 Å². The SMILES string of the molecule is O=C(O)C1CN(C(=O)Nc2nc3c(s2)CCC3)CCO1. The third-order valence-corrected chi connectivity index (χ3v) is 4.51. The standard InChI is InChI=1S/C12H15N3O4S/c16-10(17)8-6-15(4-5-19-8)12(18)14-11-13-7-2-1-3-9(7)20-11/h8H,1-6H2,(H,16,17)(H,13,14,18). The van der Waals surface area contributed by atoms with E-state index < -0.39 is 12.1 Å². The van der Waals surface area contributed by atoms with E-state index in [9.17, 15) is 9.59 Å². The number of carboxylic acid groups (broad SMARTS) is 1. The number of thiazole rings is 1. The third-order valence-electron chi connectivity index (χ3n) is 3.44. The Bertz CT molecular complexity index is 523. The van der Waals surface area contributed by atoms with Gasteiger partial charge in [0.05, 0.1) is 18.8 Å². The first-order valence-electron chi connectivity index (χ1n) is 6.52. The minimum absolute atomic E-state index is 0.0618. The predicted molar refractivity (Wildman–Crippen MR) is 72.1 cm³/mol. The van der Waals surface area contributed by atoms with Crippen LogP contribution in [-0.4, -0.2) is 52.8 Å². The summed E-state index contributed by atoms with van der Waals surface area (Å²) < 4.78 is 5.09. The molecular formula is C12H15N3O4S. The summed E-state index contributed by atoms with van der Waals surface area (Å²) in [6.45, 7) is 0.686. The lowest BCUT2D eigenvalue weighted by Crippen LogP contribution is -2.49. The number of nitrogens with one attached hydrogen (secondary N) is 1. The largest absolute Gasteiger partial charge is 0.479 e. The van der Waals surface area contributed by atoms with Crippen molar-refractivity contribution in [1.29, 1.82) is 0 Å². The van der Waals surface area contributed by atoms with E-state index in [0.717, 1.165) is 25.0 Å². The lowest BCUT2D eigenvalue weighted by molar-refractivity contribution is -0.154. The van der Waals surface area contributed by atoms with Gasteiger partial charge in [-0.05, 0) is 19.3 Å². The van der Waals surface area contributed by atoms with Gasteiger partial charge in [-0.2, -0.15) is 0 Å². The molecular weight excluding hydrogens is 282 g/mol. The van der Waals surface area contributed by atoms with Crippen molar-refractivity contribution in [3.05, 3.63) is 10.6 Å². The Morgan fingerprint density at radius 2 is 2.30 bits per heavy atom. The number of ether oxygens (including phenoxy) is 1. The van der Waals surface area contributed by atoms with E-state index in [-0.39, 0.29) is 19.2 Å². The average molecular weight is 297 g/mol. The summed E-state index contributed by atoms with van der Waals surface area (Å²) in [7, 11) is 0. The highest BCUT2D eigenvalue weighted by Crippen LogP contribution is 2.30. The zero-order chi connectivity index (χ0) is 14.1. The first kappa shape index (κ1) is 13.3. The van der Waals surface area contributed by atoms with Crippen molar-refractivity contribution >= 4 is 28.5 Å². The summed E-state index contributed by atoms with van der Waals surface area (Å²) in [6, 6.07) is -0.313. The summed E-state index contributed by atoms with van der Waals surface area (Å²) in [5, 5.41) is 12.3. The first-order valence-corrected chi connectivity index (χ1v) is 7.34. The second-order valence-electron chi connectivity index (χ2n) is 4.82. The number of aromatic nitrogens is 1. The smallest absolute Gasteiger partial charge is 0.334 e. The molecule has 1 fully saturated rings. The lowest BCUT2D eigenvalue weighted by atomic mass is 10.3. The van der Waals surface area contributed by atoms with Crippen molar-refractivity contribution in [3.8, 4) is 0 Å². The van der Waals surface area contributed by atoms with Gasteiger partial charge in [0.15, 0.2) is 11.2 Å². The maximum Gasteiger partial charge on any atom is 0.334 e. The van der Waals surface area contributed by atoms with Crippen LogP contribution in [0.4, 0.5) is 9.93 Å². The fourth-order valence-electron chi connectivity index (χ4n) is 2.40. The quantitative estimate of drug-likeness (QED) is 0.848. The Balaban J connectivity index is 1.62. The minimum Gasteiger partial charge on any atom is -0.479 e. The van der Waals surface area contributed by atoms with E-state index in [1.54, 1.807) is 0 Å². The number of carboxylic acids is 1. The molecule has 2 N–H and O–H groups in total. The van der Waals surface area contributed by atoms with Crippen LogP contribution in [0.25, 0.3) is 0 Å². The minimum atomic E-state index is -1.05. The maximum atomic E-state index is 12.1. The summed E-state index contributed by atoms with van der Waals surface area (Å²) in [5.41, 5.74) is 1.08. The molecule has 8 heteroatoms. The average Bonchev–Trinajstić information content (AvgIpc) is 2.99. The van der Waals surface area contributed by atoms with Gasteiger partial charge in [-0.15, -0.1) is 11.3 Å². The molecule has 0 radical (unpaired) electrons. The summed E-state index contributed by atoms with van der Waals surface area (Å²) in [6.07, 6.45) is 2.18. The molecule has 0 spiro atoms. The van der Waals surface area contributed by atoms with Crippen molar-refractivity contribution in [2.75, 3.05) is 25.0 Å². The molecule has 3 rings (SSSR count). The van der Waals surface area contributed by atoms with Crippen LogP contribution in [0.15, 0.2) is 0 Å². The molecule has 1 unspecified atom stereocenters. The van der Waals surface area contributed by atoms with Gasteiger partial charge < -0.3 is 14.7 Å². The van der Waals surface area contributed by atoms with Gasteiger partial charge in [0, 0.05) is 11.4 Å². The van der Waals surface area contributed by atoms with Crippen LogP contribution in [0.1, 0.15) is 17.0 Å². The van der Waals surface area contributed by atoms with Crippen molar-refractivity contribution in [3.63, 3.8) is 0 Å². The maximum absolute atomic E-state index is 12.1. The van der Waals surface area contributed by atoms with Gasteiger partial charge in [-0.3, -0.25) is 5.32 Å². The summed E-state index contributed by atoms with van der Waals surface area (Å²) in [5.74, 6) is -1.05. The topological polar surface area (TPSA) is 91.8 Å². The van der Waals surface area contributed by atoms with Crippen LogP contribution in [0, 0.1) is 0 Å². The lowest BCUT2D eigenvalue weighted by Gasteiger charge is -2.30. The molecule has 108 valence electrons. The number of fused-ring (bicyclic) bond motifs is 1. The van der Waals surface area contributed by atoms with Crippen LogP contribution in [0.5, 0.6) is 0 Å². The molecule has 0 bridgehead atoms. The fourth-order valence-corrected chi connectivity index (χ4v) is 3.44. The second kappa shape index (κ2) is 5.37. The molecule has 1 aliphatic heterocycles. The van der Waals surface area contributed by atoms with Crippen LogP contribution < -0.4 is 5.32 Å². The number of rotatable bonds is 2. The van der Waals surface area contributed by atoms with Crippen LogP contribution >= 0.6 is 11.3 Å². The Morgan fingerprint density at radius 1 is 1.45 bits per heavy atom. The molecule has 1 aromatic heterocycles. The number of carbonyl (C=O) groups is 2. The molecule has 2 amide bonds. The summed E-state index contributed by atoms with van der Waals surface area (Å²) >= 11 is 1.50. The van der Waals surface area contributed by atoms with E-state index >= 15 is 0 Å². The fraction of sp³-hybridized carbons (Fsp3) is 0.583. The molecule has 2 heterocycles. The zero-order valence-corrected chi connectivity index (χ0v) is 11.6. The van der Waals surface area contributed by atoms with Crippen molar-refractivity contribution < 1.29 is 19.4 Å². The summed E-state index contributed by atoms with van der Waals surface area (Å²) in [4.78, 5) is 30.1. The van der Waals surface area contributed by atoms with Crippen LogP contribution in [0.3, 0.4) is 0 Å². The number of hydrogen-bond donors (Lipinski definition) is 2. The highest BCUT2D eigenvalue weighted by molar-refractivity contribution is 7.15. The molecule has 0 aromatic carbocycles. The van der Waals surface area contributed by atoms with E-state index in [4.69, 9.17) is 9.84 Å². The van der Waals surface area contributed by atoms with Crippen LogP contribution in [-0.2, 0) is 22.4 Å². The first-order chi connectivity index (χ1) is 9.63. The Labute approximate surface area is 119 Å². The highest BCUT2D eigenvalue weighted by Gasteiger charge is 2.29. The second-order valence-corrected chi connectivity index (χ2v) is 5.90. The number of aliphatic carboxylic acids is 1. The van der Waals surface area contributed by atoms with Gasteiger partial charge in [-0.1, -0.05) is 0 Å². The van der Waals surface area contributed by atoms with Gasteiger partial charge >= 0.3 is 12.0 Å². The predicted octanol–water partition coefficient (Wildman–Crippen LogP) is 0.949. The Kier molecular flexibility index (Phi) is 3.58. The van der Waals surface area contributed by atoms with E-state index in [1.807, 2.05) is 0 Å². The third kappa shape index (κ3) is 2.61. The number of nitrogens with zero attached hydrogens (tertiary/aromatic N) is 2. The van der Waals surface area contributed by atoms with E-state index in [1.165, 1.54) is 21.1 Å². The monoisotopic (exact) mass is 297 g/mol. The molecule has 1 aromatic rings. The van der Waals surface area contributed by atoms with Crippen LogP contribution in [0.2, 0.25) is 0 Å². The molecule has 20 heavy (non-hydrogen) atoms. The normalized spacial score (nSPS) is 21.6. The van der Waals surface area contributed by atoms with Gasteiger partial charge in [0.1, 0.15) is 0 Å². The van der Waals surface area contributed by atoms with Crippen molar-refractivity contribution in [2.45, 2.75) is 25.4 Å². The number of hydrogen-bond acceptors (Lipinski definition) is 5. The van der Waals surface area contributed by atoms with Crippen molar-refractivity contribution in [2.24, 2.45) is 0 Å². The van der Waals surface area contributed by atoms with Crippen molar-refractivity contribution in [1.82, 2.24) is 9.88 Å². The molecule has 7 nitrogen and oxygen atoms in total. The number of aryl methyl sites for hydroxylation is 2. The number of amides is 2. The molecule has 1 atom stereocenters. The number of carbonyl (C=O) groups excluding carboxylic acids is 1. The highest BCUT2D eigenvalue weighted by atomic mass is 32.1.